The lowest BCUT2D eigenvalue weighted by Crippen LogP contribution is -2.46. The molecular weight excluding hydrogens is 362 g/mol. The molecule has 1 fully saturated rings. The number of halogens is 1. The Labute approximate surface area is 164 Å². The number of anilines is 1. The minimum absolute atomic E-state index is 0.000233. The van der Waals surface area contributed by atoms with Gasteiger partial charge in [0.05, 0.1) is 6.04 Å². The van der Waals surface area contributed by atoms with Gasteiger partial charge >= 0.3 is 6.03 Å². The fourth-order valence-corrected chi connectivity index (χ4v) is 3.35. The number of rotatable bonds is 6. The van der Waals surface area contributed by atoms with Gasteiger partial charge in [0.2, 0.25) is 5.91 Å². The van der Waals surface area contributed by atoms with Crippen molar-refractivity contribution in [3.8, 4) is 0 Å². The third kappa shape index (κ3) is 5.47. The number of hydrogen-bond acceptors (Lipinski definition) is 2. The van der Waals surface area contributed by atoms with E-state index in [1.165, 1.54) is 5.56 Å². The van der Waals surface area contributed by atoms with Crippen LogP contribution in [0.4, 0.5) is 10.5 Å². The van der Waals surface area contributed by atoms with Crippen LogP contribution in [0.1, 0.15) is 25.3 Å². The van der Waals surface area contributed by atoms with Gasteiger partial charge in [-0.1, -0.05) is 41.9 Å². The summed E-state index contributed by atoms with van der Waals surface area (Å²) in [7, 11) is 0. The van der Waals surface area contributed by atoms with Gasteiger partial charge in [-0.3, -0.25) is 4.79 Å². The normalized spacial score (nSPS) is 17.6. The number of urea groups is 1. The second-order valence-corrected chi connectivity index (χ2v) is 7.36. The monoisotopic (exact) mass is 385 g/mol. The lowest BCUT2D eigenvalue weighted by Gasteiger charge is -2.19. The van der Waals surface area contributed by atoms with Gasteiger partial charge in [-0.05, 0) is 49.6 Å². The van der Waals surface area contributed by atoms with E-state index in [1.54, 1.807) is 17.0 Å². The maximum atomic E-state index is 12.3. The van der Waals surface area contributed by atoms with E-state index in [9.17, 15) is 9.59 Å². The van der Waals surface area contributed by atoms with Crippen molar-refractivity contribution in [1.29, 1.82) is 0 Å². The molecule has 3 rings (SSSR count). The molecule has 2 N–H and O–H groups in total. The summed E-state index contributed by atoms with van der Waals surface area (Å²) in [4.78, 5) is 26.2. The van der Waals surface area contributed by atoms with Crippen LogP contribution >= 0.6 is 11.6 Å². The Bertz CT molecular complexity index is 780. The molecule has 142 valence electrons. The molecule has 1 saturated heterocycles. The highest BCUT2D eigenvalue weighted by atomic mass is 35.5. The molecule has 1 aliphatic rings. The SMILES string of the molecule is CC(CCc1ccccc1)NC(=O)NC1CC(=O)N(c2ccc(Cl)cc2)C1. The van der Waals surface area contributed by atoms with Crippen molar-refractivity contribution >= 4 is 29.2 Å². The summed E-state index contributed by atoms with van der Waals surface area (Å²) in [6.07, 6.45) is 2.07. The molecule has 0 radical (unpaired) electrons. The summed E-state index contributed by atoms with van der Waals surface area (Å²) in [5.41, 5.74) is 2.05. The molecule has 6 heteroatoms. The van der Waals surface area contributed by atoms with Gasteiger partial charge in [0, 0.05) is 29.7 Å². The summed E-state index contributed by atoms with van der Waals surface area (Å²) in [6.45, 7) is 2.45. The molecule has 0 aromatic heterocycles. The van der Waals surface area contributed by atoms with Crippen molar-refractivity contribution in [3.63, 3.8) is 0 Å². The first-order valence-electron chi connectivity index (χ1n) is 9.18. The molecule has 27 heavy (non-hydrogen) atoms. The molecule has 1 heterocycles. The summed E-state index contributed by atoms with van der Waals surface area (Å²) < 4.78 is 0. The second-order valence-electron chi connectivity index (χ2n) is 6.92. The van der Waals surface area contributed by atoms with E-state index in [4.69, 9.17) is 11.6 Å². The Morgan fingerprint density at radius 2 is 1.89 bits per heavy atom. The number of aryl methyl sites for hydroxylation is 1. The molecule has 0 spiro atoms. The molecule has 5 nitrogen and oxygen atoms in total. The van der Waals surface area contributed by atoms with Crippen LogP contribution in [-0.4, -0.2) is 30.6 Å². The fraction of sp³-hybridized carbons (Fsp3) is 0.333. The third-order valence-electron chi connectivity index (χ3n) is 4.68. The molecule has 2 aromatic rings. The van der Waals surface area contributed by atoms with Crippen molar-refractivity contribution in [3.05, 3.63) is 65.2 Å². The summed E-state index contributed by atoms with van der Waals surface area (Å²) in [6, 6.07) is 17.0. The molecular formula is C21H24ClN3O2. The van der Waals surface area contributed by atoms with Gasteiger partial charge in [-0.25, -0.2) is 4.79 Å². The van der Waals surface area contributed by atoms with Crippen LogP contribution in [0.2, 0.25) is 5.02 Å². The average Bonchev–Trinajstić information content (AvgIpc) is 3.01. The quantitative estimate of drug-likeness (QED) is 0.795. The van der Waals surface area contributed by atoms with E-state index in [-0.39, 0.29) is 24.0 Å². The van der Waals surface area contributed by atoms with Crippen molar-refractivity contribution < 1.29 is 9.59 Å². The van der Waals surface area contributed by atoms with Crippen molar-refractivity contribution in [2.24, 2.45) is 0 Å². The molecule has 0 saturated carbocycles. The maximum absolute atomic E-state index is 12.3. The molecule has 1 aliphatic heterocycles. The smallest absolute Gasteiger partial charge is 0.315 e. The summed E-state index contributed by atoms with van der Waals surface area (Å²) >= 11 is 5.90. The molecule has 2 aromatic carbocycles. The van der Waals surface area contributed by atoms with Crippen LogP contribution in [0.25, 0.3) is 0 Å². The topological polar surface area (TPSA) is 61.4 Å². The minimum atomic E-state index is -0.230. The lowest BCUT2D eigenvalue weighted by molar-refractivity contribution is -0.117. The molecule has 0 bridgehead atoms. The summed E-state index contributed by atoms with van der Waals surface area (Å²) in [5.74, 6) is -0.000233. The minimum Gasteiger partial charge on any atom is -0.336 e. The number of nitrogens with one attached hydrogen (secondary N) is 2. The Hall–Kier alpha value is -2.53. The molecule has 3 amide bonds. The van der Waals surface area contributed by atoms with E-state index in [0.717, 1.165) is 18.5 Å². The first kappa shape index (κ1) is 19.2. The zero-order valence-corrected chi connectivity index (χ0v) is 16.1. The van der Waals surface area contributed by atoms with Crippen LogP contribution in [-0.2, 0) is 11.2 Å². The first-order valence-corrected chi connectivity index (χ1v) is 9.56. The Morgan fingerprint density at radius 1 is 1.19 bits per heavy atom. The van der Waals surface area contributed by atoms with E-state index in [2.05, 4.69) is 22.8 Å². The number of nitrogens with zero attached hydrogens (tertiary/aromatic N) is 1. The number of carbonyl (C=O) groups excluding carboxylic acids is 2. The molecule has 2 atom stereocenters. The molecule has 0 aliphatic carbocycles. The van der Waals surface area contributed by atoms with Crippen LogP contribution in [0.3, 0.4) is 0 Å². The number of amides is 3. The zero-order chi connectivity index (χ0) is 19.2. The van der Waals surface area contributed by atoms with Crippen LogP contribution < -0.4 is 15.5 Å². The fourth-order valence-electron chi connectivity index (χ4n) is 3.23. The Kier molecular flexibility index (Phi) is 6.35. The van der Waals surface area contributed by atoms with Crippen molar-refractivity contribution in [2.45, 2.75) is 38.3 Å². The first-order chi connectivity index (χ1) is 13.0. The Balaban J connectivity index is 1.45. The largest absolute Gasteiger partial charge is 0.336 e. The predicted molar refractivity (Wildman–Crippen MR) is 108 cm³/mol. The number of carbonyl (C=O) groups is 2. The van der Waals surface area contributed by atoms with E-state index in [1.807, 2.05) is 37.3 Å². The van der Waals surface area contributed by atoms with Gasteiger partial charge in [-0.15, -0.1) is 0 Å². The average molecular weight is 386 g/mol. The highest BCUT2D eigenvalue weighted by Crippen LogP contribution is 2.23. The second kappa shape index (κ2) is 8.91. The van der Waals surface area contributed by atoms with Crippen LogP contribution in [0, 0.1) is 0 Å². The van der Waals surface area contributed by atoms with Gasteiger partial charge < -0.3 is 15.5 Å². The van der Waals surface area contributed by atoms with Gasteiger partial charge in [-0.2, -0.15) is 0 Å². The number of benzene rings is 2. The van der Waals surface area contributed by atoms with E-state index >= 15 is 0 Å². The lowest BCUT2D eigenvalue weighted by atomic mass is 10.1. The van der Waals surface area contributed by atoms with Crippen LogP contribution in [0.5, 0.6) is 0 Å². The van der Waals surface area contributed by atoms with Gasteiger partial charge in [0.15, 0.2) is 0 Å². The summed E-state index contributed by atoms with van der Waals surface area (Å²) in [5, 5.41) is 6.50. The number of hydrogen-bond donors (Lipinski definition) is 2. The van der Waals surface area contributed by atoms with Gasteiger partial charge in [0.1, 0.15) is 0 Å². The highest BCUT2D eigenvalue weighted by molar-refractivity contribution is 6.30. The van der Waals surface area contributed by atoms with Gasteiger partial charge in [0.25, 0.3) is 0 Å². The van der Waals surface area contributed by atoms with Crippen molar-refractivity contribution in [1.82, 2.24) is 10.6 Å². The zero-order valence-electron chi connectivity index (χ0n) is 15.3. The third-order valence-corrected chi connectivity index (χ3v) is 4.94. The standard InChI is InChI=1S/C21H24ClN3O2/c1-15(7-8-16-5-3-2-4-6-16)23-21(27)24-18-13-20(26)25(14-18)19-11-9-17(22)10-12-19/h2-6,9-12,15,18H,7-8,13-14H2,1H3,(H2,23,24,27). The van der Waals surface area contributed by atoms with E-state index < -0.39 is 0 Å². The van der Waals surface area contributed by atoms with Crippen LogP contribution in [0.15, 0.2) is 54.6 Å². The highest BCUT2D eigenvalue weighted by Gasteiger charge is 2.31. The predicted octanol–water partition coefficient (Wildman–Crippen LogP) is 3.77. The Morgan fingerprint density at radius 3 is 2.59 bits per heavy atom. The van der Waals surface area contributed by atoms with Crippen molar-refractivity contribution in [2.75, 3.05) is 11.4 Å². The maximum Gasteiger partial charge on any atom is 0.315 e. The van der Waals surface area contributed by atoms with E-state index in [0.29, 0.717) is 18.0 Å². The molecule has 2 unspecified atom stereocenters.